The largest absolute Gasteiger partial charge is 0.373 e. The molecular weight excluding hydrogens is 415 g/mol. The van der Waals surface area contributed by atoms with Crippen LogP contribution in [-0.4, -0.2) is 40.3 Å². The van der Waals surface area contributed by atoms with Crippen molar-refractivity contribution in [2.24, 2.45) is 11.8 Å². The van der Waals surface area contributed by atoms with Crippen LogP contribution in [0, 0.1) is 17.7 Å². The summed E-state index contributed by atoms with van der Waals surface area (Å²) < 4.78 is 21.3. The predicted molar refractivity (Wildman–Crippen MR) is 127 cm³/mol. The summed E-state index contributed by atoms with van der Waals surface area (Å²) in [5.41, 5.74) is 2.47. The van der Waals surface area contributed by atoms with Gasteiger partial charge >= 0.3 is 0 Å². The molecule has 0 amide bonds. The Morgan fingerprint density at radius 3 is 2.48 bits per heavy atom. The molecule has 2 bridgehead atoms. The van der Waals surface area contributed by atoms with Crippen LogP contribution in [0.2, 0.25) is 0 Å². The first-order chi connectivity index (χ1) is 16.0. The number of aromatic nitrogens is 3. The highest BCUT2D eigenvalue weighted by molar-refractivity contribution is 5.57. The van der Waals surface area contributed by atoms with Gasteiger partial charge in [0.1, 0.15) is 17.2 Å². The number of likely N-dealkylation sites (tertiary alicyclic amines) is 1. The number of nitrogens with zero attached hydrogens (tertiary/aromatic N) is 3. The zero-order valence-electron chi connectivity index (χ0n) is 19.7. The third-order valence-corrected chi connectivity index (χ3v) is 7.52. The maximum atomic E-state index is 14.9. The van der Waals surface area contributed by atoms with Crippen molar-refractivity contribution in [1.82, 2.24) is 20.1 Å². The van der Waals surface area contributed by atoms with Crippen molar-refractivity contribution in [2.75, 3.05) is 20.2 Å². The first-order valence-corrected chi connectivity index (χ1v) is 12.0. The van der Waals surface area contributed by atoms with Crippen LogP contribution in [0.25, 0.3) is 11.4 Å². The maximum Gasteiger partial charge on any atom is 0.181 e. The van der Waals surface area contributed by atoms with Crippen LogP contribution in [-0.2, 0) is 16.9 Å². The molecule has 1 aliphatic carbocycles. The number of ether oxygens (including phenoxy) is 1. The van der Waals surface area contributed by atoms with Crippen molar-refractivity contribution in [1.29, 1.82) is 0 Å². The van der Waals surface area contributed by atoms with E-state index in [1.807, 2.05) is 0 Å². The monoisotopic (exact) mass is 448 g/mol. The highest BCUT2D eigenvalue weighted by Crippen LogP contribution is 2.52. The molecule has 1 aromatic heterocycles. The average Bonchev–Trinajstić information content (AvgIpc) is 3.30. The zero-order valence-corrected chi connectivity index (χ0v) is 19.7. The minimum absolute atomic E-state index is 0.234. The molecule has 2 heterocycles. The van der Waals surface area contributed by atoms with Crippen molar-refractivity contribution in [3.63, 3.8) is 0 Å². The van der Waals surface area contributed by atoms with Gasteiger partial charge in [0.25, 0.3) is 0 Å². The molecule has 0 spiro atoms. The van der Waals surface area contributed by atoms with E-state index in [4.69, 9.17) is 4.74 Å². The van der Waals surface area contributed by atoms with Gasteiger partial charge < -0.3 is 4.74 Å². The second-order valence-corrected chi connectivity index (χ2v) is 9.93. The molecule has 2 aromatic carbocycles. The molecule has 2 unspecified atom stereocenters. The van der Waals surface area contributed by atoms with E-state index in [1.54, 1.807) is 13.2 Å². The van der Waals surface area contributed by atoms with Crippen molar-refractivity contribution in [3.8, 4) is 11.4 Å². The number of rotatable bonds is 6. The Morgan fingerprint density at radius 2 is 1.85 bits per heavy atom. The Labute approximate surface area is 195 Å². The van der Waals surface area contributed by atoms with E-state index in [0.29, 0.717) is 23.2 Å². The Kier molecular flexibility index (Phi) is 6.06. The van der Waals surface area contributed by atoms with Gasteiger partial charge in [-0.1, -0.05) is 50.6 Å². The van der Waals surface area contributed by atoms with E-state index in [-0.39, 0.29) is 11.7 Å². The third-order valence-electron chi connectivity index (χ3n) is 7.52. The fourth-order valence-electron chi connectivity index (χ4n) is 6.02. The first kappa shape index (κ1) is 22.2. The second kappa shape index (κ2) is 8.99. The lowest BCUT2D eigenvalue weighted by atomic mass is 9.62. The highest BCUT2D eigenvalue weighted by Gasteiger charge is 2.53. The molecule has 1 saturated carbocycles. The van der Waals surface area contributed by atoms with Gasteiger partial charge in [-0.2, -0.15) is 5.10 Å². The first-order valence-electron chi connectivity index (χ1n) is 12.0. The highest BCUT2D eigenvalue weighted by atomic mass is 19.1. The molecule has 2 fully saturated rings. The Hall–Kier alpha value is -2.57. The molecule has 1 saturated heterocycles. The van der Waals surface area contributed by atoms with E-state index in [2.05, 4.69) is 70.3 Å². The number of benzene rings is 2. The molecule has 1 N–H and O–H groups in total. The van der Waals surface area contributed by atoms with Crippen LogP contribution in [0.5, 0.6) is 0 Å². The molecule has 33 heavy (non-hydrogen) atoms. The van der Waals surface area contributed by atoms with E-state index < -0.39 is 5.60 Å². The SMILES string of the molecule is COC1(c2cc(F)cc(-c3n[nH]c(C(C)C)n3)c2)C2CCCC1CN(Cc1ccccc1)C2. The Bertz CT molecular complexity index is 1080. The summed E-state index contributed by atoms with van der Waals surface area (Å²) in [7, 11) is 1.80. The van der Waals surface area contributed by atoms with Crippen molar-refractivity contribution in [3.05, 3.63) is 71.3 Å². The van der Waals surface area contributed by atoms with Crippen LogP contribution in [0.3, 0.4) is 0 Å². The van der Waals surface area contributed by atoms with Crippen molar-refractivity contribution >= 4 is 0 Å². The summed E-state index contributed by atoms with van der Waals surface area (Å²) in [5.74, 6) is 1.94. The second-order valence-electron chi connectivity index (χ2n) is 9.93. The summed E-state index contributed by atoms with van der Waals surface area (Å²) in [6.45, 7) is 6.96. The van der Waals surface area contributed by atoms with Crippen LogP contribution in [0.15, 0.2) is 48.5 Å². The van der Waals surface area contributed by atoms with Gasteiger partial charge in [0.05, 0.1) is 0 Å². The topological polar surface area (TPSA) is 54.0 Å². The Balaban J connectivity index is 1.48. The number of methoxy groups -OCH3 is 1. The molecule has 2 aliphatic rings. The summed E-state index contributed by atoms with van der Waals surface area (Å²) in [6, 6.07) is 15.9. The maximum absolute atomic E-state index is 14.9. The number of hydrogen-bond donors (Lipinski definition) is 1. The smallest absolute Gasteiger partial charge is 0.181 e. The number of nitrogens with one attached hydrogen (secondary N) is 1. The number of aromatic amines is 1. The lowest BCUT2D eigenvalue weighted by molar-refractivity contribution is -0.170. The molecule has 174 valence electrons. The van der Waals surface area contributed by atoms with E-state index in [1.165, 1.54) is 18.1 Å². The zero-order chi connectivity index (χ0) is 23.0. The molecule has 1 aliphatic heterocycles. The molecule has 2 atom stereocenters. The summed E-state index contributed by atoms with van der Waals surface area (Å²) in [5, 5.41) is 7.36. The van der Waals surface area contributed by atoms with Crippen molar-refractivity contribution in [2.45, 2.75) is 51.2 Å². The standard InChI is InChI=1S/C27H33FN4O/c1-18(2)25-29-26(31-30-25)20-12-23(14-24(28)13-20)27(33-3)21-10-7-11-22(27)17-32(16-21)15-19-8-5-4-6-9-19/h4-6,8-9,12-14,18,21-22H,7,10-11,15-17H2,1-3H3,(H,29,30,31). The van der Waals surface area contributed by atoms with E-state index in [0.717, 1.165) is 43.9 Å². The molecule has 0 radical (unpaired) electrons. The minimum Gasteiger partial charge on any atom is -0.373 e. The number of hydrogen-bond acceptors (Lipinski definition) is 4. The summed E-state index contributed by atoms with van der Waals surface area (Å²) in [4.78, 5) is 7.15. The number of halogens is 1. The van der Waals surface area contributed by atoms with Gasteiger partial charge in [0.15, 0.2) is 5.82 Å². The average molecular weight is 449 g/mol. The van der Waals surface area contributed by atoms with Crippen LogP contribution in [0.1, 0.15) is 56.0 Å². The van der Waals surface area contributed by atoms with Crippen LogP contribution < -0.4 is 0 Å². The molecular formula is C27H33FN4O. The quantitative estimate of drug-likeness (QED) is 0.540. The lowest BCUT2D eigenvalue weighted by Gasteiger charge is -2.55. The van der Waals surface area contributed by atoms with E-state index >= 15 is 0 Å². The van der Waals surface area contributed by atoms with Crippen LogP contribution >= 0.6 is 0 Å². The normalized spacial score (nSPS) is 25.5. The molecule has 5 nitrogen and oxygen atoms in total. The fourth-order valence-corrected chi connectivity index (χ4v) is 6.02. The van der Waals surface area contributed by atoms with Gasteiger partial charge in [0, 0.05) is 50.1 Å². The van der Waals surface area contributed by atoms with Gasteiger partial charge in [-0.3, -0.25) is 10.00 Å². The van der Waals surface area contributed by atoms with Gasteiger partial charge in [-0.15, -0.1) is 0 Å². The Morgan fingerprint density at radius 1 is 1.12 bits per heavy atom. The summed E-state index contributed by atoms with van der Waals surface area (Å²) in [6.07, 6.45) is 3.36. The van der Waals surface area contributed by atoms with Crippen LogP contribution in [0.4, 0.5) is 4.39 Å². The van der Waals surface area contributed by atoms with Gasteiger partial charge in [0.2, 0.25) is 0 Å². The minimum atomic E-state index is -0.487. The van der Waals surface area contributed by atoms with Crippen molar-refractivity contribution < 1.29 is 9.13 Å². The molecule has 3 aromatic rings. The summed E-state index contributed by atoms with van der Waals surface area (Å²) >= 11 is 0. The number of piperidine rings is 1. The van der Waals surface area contributed by atoms with Gasteiger partial charge in [-0.05, 0) is 42.2 Å². The molecule has 5 rings (SSSR count). The third kappa shape index (κ3) is 4.11. The number of H-pyrrole nitrogens is 1. The molecule has 6 heteroatoms. The lowest BCUT2D eigenvalue weighted by Crippen LogP contribution is -2.58. The fraction of sp³-hybridized carbons (Fsp3) is 0.481. The van der Waals surface area contributed by atoms with Gasteiger partial charge in [-0.25, -0.2) is 9.37 Å². The number of fused-ring (bicyclic) bond motifs is 2. The van der Waals surface area contributed by atoms with E-state index in [9.17, 15) is 4.39 Å². The predicted octanol–water partition coefficient (Wildman–Crippen LogP) is 5.51.